The molecule has 0 aliphatic carbocycles. The van der Waals surface area contributed by atoms with Crippen molar-refractivity contribution in [1.82, 2.24) is 4.72 Å². The summed E-state index contributed by atoms with van der Waals surface area (Å²) in [5.41, 5.74) is 1.39. The molecule has 2 aromatic carbocycles. The van der Waals surface area contributed by atoms with Crippen LogP contribution in [0.4, 0.5) is 4.39 Å². The van der Waals surface area contributed by atoms with Crippen LogP contribution in [0.2, 0.25) is 10.0 Å². The molecule has 0 atom stereocenters. The Balaban J connectivity index is 0.000000387. The molecule has 0 bridgehead atoms. The van der Waals surface area contributed by atoms with Crippen molar-refractivity contribution in [2.75, 3.05) is 0 Å². The third-order valence-electron chi connectivity index (χ3n) is 3.45. The molecule has 156 valence electrons. The van der Waals surface area contributed by atoms with Crippen LogP contribution in [0.5, 0.6) is 0 Å². The molecule has 1 N–H and O–H groups in total. The van der Waals surface area contributed by atoms with Crippen LogP contribution >= 0.6 is 23.2 Å². The Morgan fingerprint density at radius 3 is 2.14 bits per heavy atom. The summed E-state index contributed by atoms with van der Waals surface area (Å²) in [6.45, 7) is 6.63. The van der Waals surface area contributed by atoms with Crippen molar-refractivity contribution in [2.24, 2.45) is 4.99 Å². The molecule has 29 heavy (non-hydrogen) atoms. The molecular formula is C20H21Cl2FN2O3S. The summed E-state index contributed by atoms with van der Waals surface area (Å²) in [4.78, 5) is 15.3. The van der Waals surface area contributed by atoms with Gasteiger partial charge in [0.15, 0.2) is 0 Å². The van der Waals surface area contributed by atoms with E-state index in [1.54, 1.807) is 19.9 Å². The first kappa shape index (κ1) is 24.8. The van der Waals surface area contributed by atoms with Crippen LogP contribution in [0.3, 0.4) is 0 Å². The van der Waals surface area contributed by atoms with Crippen molar-refractivity contribution in [3.63, 3.8) is 0 Å². The zero-order valence-electron chi connectivity index (χ0n) is 16.3. The zero-order valence-corrected chi connectivity index (χ0v) is 18.7. The van der Waals surface area contributed by atoms with Crippen LogP contribution in [-0.2, 0) is 14.8 Å². The number of aryl methyl sites for hydroxylation is 2. The van der Waals surface area contributed by atoms with Crippen molar-refractivity contribution in [2.45, 2.75) is 32.6 Å². The topological polar surface area (TPSA) is 75.6 Å². The van der Waals surface area contributed by atoms with Crippen molar-refractivity contribution >= 4 is 45.3 Å². The van der Waals surface area contributed by atoms with Crippen LogP contribution in [0, 0.1) is 19.7 Å². The summed E-state index contributed by atoms with van der Waals surface area (Å²) in [7, 11) is -4.14. The van der Waals surface area contributed by atoms with E-state index < -0.39 is 21.7 Å². The largest absolute Gasteiger partial charge is 0.283 e. The van der Waals surface area contributed by atoms with E-state index in [2.05, 4.69) is 4.99 Å². The number of rotatable bonds is 4. The lowest BCUT2D eigenvalue weighted by Gasteiger charge is -2.09. The van der Waals surface area contributed by atoms with Crippen LogP contribution in [0.15, 0.2) is 58.1 Å². The summed E-state index contributed by atoms with van der Waals surface area (Å²) >= 11 is 11.3. The van der Waals surface area contributed by atoms with Crippen LogP contribution in [0.25, 0.3) is 0 Å². The van der Waals surface area contributed by atoms with Gasteiger partial charge >= 0.3 is 0 Å². The first-order valence-corrected chi connectivity index (χ1v) is 10.6. The minimum atomic E-state index is -4.14. The van der Waals surface area contributed by atoms with Gasteiger partial charge in [0.1, 0.15) is 11.5 Å². The first-order valence-electron chi connectivity index (χ1n) is 8.41. The fourth-order valence-corrected chi connectivity index (χ4v) is 4.04. The maximum atomic E-state index is 13.1. The van der Waals surface area contributed by atoms with E-state index in [1.165, 1.54) is 25.3 Å². The van der Waals surface area contributed by atoms with Gasteiger partial charge in [-0.1, -0.05) is 35.3 Å². The predicted octanol–water partition coefficient (Wildman–Crippen LogP) is 5.24. The molecule has 0 aliphatic rings. The van der Waals surface area contributed by atoms with Crippen LogP contribution in [-0.4, -0.2) is 20.5 Å². The SMILES string of the molecule is CC=N/C(=C\C)C(=O)NS(=O)(=O)c1cc(F)ccc1C.Cc1cc(Cl)cc(Cl)c1. The van der Waals surface area contributed by atoms with E-state index in [-0.39, 0.29) is 10.6 Å². The van der Waals surface area contributed by atoms with Gasteiger partial charge in [0.05, 0.1) is 4.90 Å². The second-order valence-corrected chi connectivity index (χ2v) is 8.38. The highest BCUT2D eigenvalue weighted by molar-refractivity contribution is 7.90. The molecule has 0 radical (unpaired) electrons. The van der Waals surface area contributed by atoms with Gasteiger partial charge in [-0.05, 0) is 69.2 Å². The number of carbonyl (C=O) groups is 1. The summed E-state index contributed by atoms with van der Waals surface area (Å²) in [6.07, 6.45) is 2.75. The molecule has 1 amide bonds. The Morgan fingerprint density at radius 2 is 1.66 bits per heavy atom. The molecule has 5 nitrogen and oxygen atoms in total. The minimum absolute atomic E-state index is 0.0369. The van der Waals surface area contributed by atoms with E-state index in [0.29, 0.717) is 15.6 Å². The summed E-state index contributed by atoms with van der Waals surface area (Å²) in [5.74, 6) is -1.56. The number of nitrogens with zero attached hydrogens (tertiary/aromatic N) is 1. The average molecular weight is 459 g/mol. The normalized spacial score (nSPS) is 11.8. The Bertz CT molecular complexity index is 1000. The van der Waals surface area contributed by atoms with Crippen molar-refractivity contribution in [3.8, 4) is 0 Å². The molecule has 0 saturated heterocycles. The van der Waals surface area contributed by atoms with E-state index in [4.69, 9.17) is 23.2 Å². The minimum Gasteiger partial charge on any atom is -0.266 e. The van der Waals surface area contributed by atoms with E-state index >= 15 is 0 Å². The molecule has 0 unspecified atom stereocenters. The molecule has 0 saturated carbocycles. The number of benzene rings is 2. The second-order valence-electron chi connectivity index (χ2n) is 5.85. The molecule has 0 spiro atoms. The number of aliphatic imine (C=N–C) groups is 1. The highest BCUT2D eigenvalue weighted by Gasteiger charge is 2.22. The molecule has 0 fully saturated rings. The smallest absolute Gasteiger partial charge is 0.266 e. The number of nitrogens with one attached hydrogen (secondary N) is 1. The van der Waals surface area contributed by atoms with Crippen molar-refractivity contribution < 1.29 is 17.6 Å². The van der Waals surface area contributed by atoms with Gasteiger partial charge in [0, 0.05) is 16.3 Å². The molecular weight excluding hydrogens is 438 g/mol. The molecule has 2 rings (SSSR count). The average Bonchev–Trinajstić information content (AvgIpc) is 2.60. The molecule has 9 heteroatoms. The van der Waals surface area contributed by atoms with Gasteiger partial charge in [-0.15, -0.1) is 0 Å². The quantitative estimate of drug-likeness (QED) is 0.502. The van der Waals surface area contributed by atoms with Gasteiger partial charge in [-0.25, -0.2) is 17.5 Å². The number of hydrogen-bond acceptors (Lipinski definition) is 4. The predicted molar refractivity (Wildman–Crippen MR) is 116 cm³/mol. The lowest BCUT2D eigenvalue weighted by Crippen LogP contribution is -2.31. The summed E-state index contributed by atoms with van der Waals surface area (Å²) in [5, 5.41) is 1.39. The fraction of sp³-hybridized carbons (Fsp3) is 0.200. The van der Waals surface area contributed by atoms with Crippen LogP contribution < -0.4 is 4.72 Å². The lowest BCUT2D eigenvalue weighted by molar-refractivity contribution is -0.115. The molecule has 2 aromatic rings. The van der Waals surface area contributed by atoms with E-state index in [9.17, 15) is 17.6 Å². The van der Waals surface area contributed by atoms with Gasteiger partial charge in [-0.3, -0.25) is 9.79 Å². The van der Waals surface area contributed by atoms with Gasteiger partial charge < -0.3 is 0 Å². The number of carbonyl (C=O) groups excluding carboxylic acids is 1. The fourth-order valence-electron chi connectivity index (χ4n) is 2.19. The van der Waals surface area contributed by atoms with Gasteiger partial charge in [-0.2, -0.15) is 0 Å². The van der Waals surface area contributed by atoms with Crippen molar-refractivity contribution in [3.05, 3.63) is 75.2 Å². The Hall–Kier alpha value is -2.22. The summed E-state index contributed by atoms with van der Waals surface area (Å²) < 4.78 is 39.1. The molecule has 0 heterocycles. The standard InChI is InChI=1S/C13H15FN2O3S.C7H6Cl2/c1-4-11(15-5-2)13(17)16-20(18,19)12-8-10(14)7-6-9(12)3;1-5-2-6(8)4-7(9)3-5/h4-8H,1-3H3,(H,16,17);2-4H,1H3/b11-4-,15-5?;. The number of amides is 1. The van der Waals surface area contributed by atoms with E-state index in [1.807, 2.05) is 23.8 Å². The summed E-state index contributed by atoms with van der Waals surface area (Å²) in [6, 6.07) is 8.80. The third-order valence-corrected chi connectivity index (χ3v) is 5.36. The monoisotopic (exact) mass is 458 g/mol. The number of hydrogen-bond donors (Lipinski definition) is 1. The second kappa shape index (κ2) is 11.1. The van der Waals surface area contributed by atoms with E-state index in [0.717, 1.165) is 17.7 Å². The van der Waals surface area contributed by atoms with Crippen molar-refractivity contribution in [1.29, 1.82) is 0 Å². The Morgan fingerprint density at radius 1 is 1.07 bits per heavy atom. The van der Waals surface area contributed by atoms with Gasteiger partial charge in [0.25, 0.3) is 15.9 Å². The molecule has 0 aromatic heterocycles. The molecule has 0 aliphatic heterocycles. The Kier molecular flexibility index (Phi) is 9.49. The van der Waals surface area contributed by atoms with Gasteiger partial charge in [0.2, 0.25) is 0 Å². The zero-order chi connectivity index (χ0) is 22.2. The van der Waals surface area contributed by atoms with Crippen LogP contribution in [0.1, 0.15) is 25.0 Å². The number of sulfonamides is 1. The maximum absolute atomic E-state index is 13.1. The first-order chi connectivity index (χ1) is 13.5. The Labute approximate surface area is 180 Å². The third kappa shape index (κ3) is 7.97. The highest BCUT2D eigenvalue weighted by atomic mass is 35.5. The lowest BCUT2D eigenvalue weighted by atomic mass is 10.2. The number of halogens is 3. The maximum Gasteiger partial charge on any atom is 0.283 e. The highest BCUT2D eigenvalue weighted by Crippen LogP contribution is 2.18. The number of allylic oxidation sites excluding steroid dienone is 1.